The molecule has 32 heavy (non-hydrogen) atoms. The molecule has 1 N–H and O–H groups in total. The number of anilines is 2. The molecule has 2 aromatic heterocycles. The average molecular weight is 453 g/mol. The molecule has 0 unspecified atom stereocenters. The van der Waals surface area contributed by atoms with Gasteiger partial charge in [0.2, 0.25) is 5.95 Å². The lowest BCUT2D eigenvalue weighted by Gasteiger charge is -2.49. The van der Waals surface area contributed by atoms with Crippen LogP contribution in [0.25, 0.3) is 10.9 Å². The van der Waals surface area contributed by atoms with E-state index in [9.17, 15) is 0 Å². The van der Waals surface area contributed by atoms with Crippen molar-refractivity contribution in [3.8, 4) is 0 Å². The molecule has 0 amide bonds. The van der Waals surface area contributed by atoms with Crippen molar-refractivity contribution in [1.29, 1.82) is 0 Å². The molecular formula is C24H29ClN6O. The summed E-state index contributed by atoms with van der Waals surface area (Å²) in [4.78, 5) is 11.8. The minimum absolute atomic E-state index is 0.234. The zero-order valence-corrected chi connectivity index (χ0v) is 19.2. The maximum absolute atomic E-state index is 6.51. The van der Waals surface area contributed by atoms with Crippen molar-refractivity contribution < 1.29 is 4.74 Å². The standard InChI is InChI=1S/C24H29ClN6O/c1-24(14-32-15-24)30-7-5-19(6-8-30)31-13-18(12-27-31)28-23-26-11-17-9-21(25)20(10-22(17)29-23)16-3-2-4-16/h9-13,16,19H,2-8,14-15H2,1H3,(H,26,28,29). The fourth-order valence-corrected chi connectivity index (χ4v) is 5.47. The van der Waals surface area contributed by atoms with E-state index in [1.54, 1.807) is 0 Å². The predicted octanol–water partition coefficient (Wildman–Crippen LogP) is 4.92. The Labute approximate surface area is 193 Å². The van der Waals surface area contributed by atoms with E-state index >= 15 is 0 Å². The van der Waals surface area contributed by atoms with Crippen LogP contribution in [-0.4, -0.2) is 56.5 Å². The molecule has 3 fully saturated rings. The fraction of sp³-hybridized carbons (Fsp3) is 0.542. The summed E-state index contributed by atoms with van der Waals surface area (Å²) in [5.74, 6) is 1.16. The van der Waals surface area contributed by atoms with Crippen molar-refractivity contribution in [2.24, 2.45) is 0 Å². The molecule has 3 aliphatic rings. The molecule has 1 saturated carbocycles. The Morgan fingerprint density at radius 2 is 1.94 bits per heavy atom. The van der Waals surface area contributed by atoms with E-state index in [0.717, 1.165) is 60.8 Å². The van der Waals surface area contributed by atoms with Crippen molar-refractivity contribution in [1.82, 2.24) is 24.6 Å². The summed E-state index contributed by atoms with van der Waals surface area (Å²) in [6, 6.07) is 4.56. The van der Waals surface area contributed by atoms with E-state index < -0.39 is 0 Å². The van der Waals surface area contributed by atoms with Gasteiger partial charge >= 0.3 is 0 Å². The summed E-state index contributed by atoms with van der Waals surface area (Å²) in [6.45, 7) is 6.19. The number of likely N-dealkylation sites (tertiary alicyclic amines) is 1. The van der Waals surface area contributed by atoms with Gasteiger partial charge in [-0.2, -0.15) is 5.10 Å². The SMILES string of the molecule is CC1(N2CCC(n3cc(Nc4ncc5cc(Cl)c(C6CCC6)cc5n4)cn3)CC2)COC1. The molecule has 0 radical (unpaired) electrons. The summed E-state index contributed by atoms with van der Waals surface area (Å²) in [6.07, 6.45) is 11.7. The lowest BCUT2D eigenvalue weighted by atomic mass is 9.80. The van der Waals surface area contributed by atoms with E-state index in [2.05, 4.69) is 44.2 Å². The van der Waals surface area contributed by atoms with Gasteiger partial charge < -0.3 is 10.1 Å². The molecular weight excluding hydrogens is 424 g/mol. The second kappa shape index (κ2) is 7.97. The number of hydrogen-bond acceptors (Lipinski definition) is 6. The highest BCUT2D eigenvalue weighted by Gasteiger charge is 2.41. The molecule has 6 rings (SSSR count). The van der Waals surface area contributed by atoms with Crippen LogP contribution in [0.2, 0.25) is 5.02 Å². The number of hydrogen-bond donors (Lipinski definition) is 1. The zero-order valence-electron chi connectivity index (χ0n) is 18.4. The maximum Gasteiger partial charge on any atom is 0.227 e. The number of fused-ring (bicyclic) bond motifs is 1. The monoisotopic (exact) mass is 452 g/mol. The Balaban J connectivity index is 1.14. The van der Waals surface area contributed by atoms with Gasteiger partial charge in [0, 0.05) is 35.9 Å². The van der Waals surface area contributed by atoms with E-state index in [0.29, 0.717) is 17.9 Å². The molecule has 4 heterocycles. The van der Waals surface area contributed by atoms with Crippen LogP contribution in [0.15, 0.2) is 30.7 Å². The first-order valence-electron chi connectivity index (χ1n) is 11.7. The van der Waals surface area contributed by atoms with E-state index in [1.807, 2.05) is 18.5 Å². The van der Waals surface area contributed by atoms with Crippen molar-refractivity contribution in [2.75, 3.05) is 31.6 Å². The molecule has 1 aliphatic carbocycles. The fourth-order valence-electron chi connectivity index (χ4n) is 5.14. The number of halogens is 1. The van der Waals surface area contributed by atoms with E-state index in [-0.39, 0.29) is 5.54 Å². The highest BCUT2D eigenvalue weighted by molar-refractivity contribution is 6.32. The van der Waals surface area contributed by atoms with Crippen molar-refractivity contribution in [3.05, 3.63) is 41.3 Å². The van der Waals surface area contributed by atoms with Gasteiger partial charge in [0.05, 0.1) is 42.2 Å². The summed E-state index contributed by atoms with van der Waals surface area (Å²) in [7, 11) is 0. The van der Waals surface area contributed by atoms with Crippen molar-refractivity contribution in [3.63, 3.8) is 0 Å². The number of piperidine rings is 1. The van der Waals surface area contributed by atoms with Gasteiger partial charge in [0.1, 0.15) is 0 Å². The summed E-state index contributed by atoms with van der Waals surface area (Å²) in [5, 5.41) is 9.76. The van der Waals surface area contributed by atoms with Gasteiger partial charge in [0.25, 0.3) is 0 Å². The molecule has 168 valence electrons. The quantitative estimate of drug-likeness (QED) is 0.592. The molecule has 2 aliphatic heterocycles. The molecule has 1 aromatic carbocycles. The van der Waals surface area contributed by atoms with Crippen LogP contribution in [0, 0.1) is 0 Å². The third-order valence-corrected chi connectivity index (χ3v) is 7.86. The number of aromatic nitrogens is 4. The second-order valence-corrected chi connectivity index (χ2v) is 10.2. The summed E-state index contributed by atoms with van der Waals surface area (Å²) >= 11 is 6.51. The average Bonchev–Trinajstić information content (AvgIpc) is 3.20. The Morgan fingerprint density at radius 3 is 2.62 bits per heavy atom. The van der Waals surface area contributed by atoms with Gasteiger partial charge in [-0.1, -0.05) is 18.0 Å². The number of ether oxygens (including phenoxy) is 1. The van der Waals surface area contributed by atoms with Gasteiger partial charge in [-0.05, 0) is 56.2 Å². The van der Waals surface area contributed by atoms with Gasteiger partial charge in [-0.3, -0.25) is 9.58 Å². The van der Waals surface area contributed by atoms with Crippen molar-refractivity contribution >= 4 is 34.1 Å². The Morgan fingerprint density at radius 1 is 1.12 bits per heavy atom. The van der Waals surface area contributed by atoms with Crippen LogP contribution in [0.1, 0.15) is 56.6 Å². The topological polar surface area (TPSA) is 68.1 Å². The molecule has 0 bridgehead atoms. The number of rotatable bonds is 5. The highest BCUT2D eigenvalue weighted by atomic mass is 35.5. The van der Waals surface area contributed by atoms with Crippen LogP contribution in [0.3, 0.4) is 0 Å². The highest BCUT2D eigenvalue weighted by Crippen LogP contribution is 2.41. The summed E-state index contributed by atoms with van der Waals surface area (Å²) in [5.41, 5.74) is 3.30. The van der Waals surface area contributed by atoms with E-state index in [1.165, 1.54) is 24.8 Å². The van der Waals surface area contributed by atoms with Gasteiger partial charge in [0.15, 0.2) is 0 Å². The van der Waals surface area contributed by atoms with Crippen LogP contribution >= 0.6 is 11.6 Å². The molecule has 7 nitrogen and oxygen atoms in total. The Kier molecular flexibility index (Phi) is 5.08. The Hall–Kier alpha value is -2.22. The first-order valence-corrected chi connectivity index (χ1v) is 12.1. The molecule has 0 atom stereocenters. The van der Waals surface area contributed by atoms with Crippen LogP contribution < -0.4 is 5.32 Å². The van der Waals surface area contributed by atoms with Crippen molar-refractivity contribution in [2.45, 2.75) is 56.5 Å². The number of benzene rings is 1. The minimum Gasteiger partial charge on any atom is -0.377 e. The summed E-state index contributed by atoms with van der Waals surface area (Å²) < 4.78 is 7.53. The molecule has 8 heteroatoms. The van der Waals surface area contributed by atoms with Crippen LogP contribution in [-0.2, 0) is 4.74 Å². The second-order valence-electron chi connectivity index (χ2n) is 9.80. The lowest BCUT2D eigenvalue weighted by Crippen LogP contribution is -2.61. The van der Waals surface area contributed by atoms with Crippen LogP contribution in [0.4, 0.5) is 11.6 Å². The lowest BCUT2D eigenvalue weighted by molar-refractivity contribution is -0.137. The van der Waals surface area contributed by atoms with Gasteiger partial charge in [-0.15, -0.1) is 0 Å². The number of nitrogens with zero attached hydrogens (tertiary/aromatic N) is 5. The first kappa shape index (κ1) is 20.4. The molecule has 3 aromatic rings. The minimum atomic E-state index is 0.234. The number of nitrogens with one attached hydrogen (secondary N) is 1. The largest absolute Gasteiger partial charge is 0.377 e. The third kappa shape index (κ3) is 3.66. The van der Waals surface area contributed by atoms with Crippen LogP contribution in [0.5, 0.6) is 0 Å². The Bertz CT molecular complexity index is 1130. The normalized spacial score (nSPS) is 21.9. The predicted molar refractivity (Wildman–Crippen MR) is 126 cm³/mol. The first-order chi connectivity index (χ1) is 15.6. The van der Waals surface area contributed by atoms with E-state index in [4.69, 9.17) is 21.3 Å². The maximum atomic E-state index is 6.51. The smallest absolute Gasteiger partial charge is 0.227 e. The van der Waals surface area contributed by atoms with Gasteiger partial charge in [-0.25, -0.2) is 9.97 Å². The molecule has 2 saturated heterocycles. The molecule has 0 spiro atoms. The third-order valence-electron chi connectivity index (χ3n) is 7.53. The zero-order chi connectivity index (χ0) is 21.7.